The summed E-state index contributed by atoms with van der Waals surface area (Å²) in [5.41, 5.74) is 8.05. The van der Waals surface area contributed by atoms with Crippen molar-refractivity contribution in [3.8, 4) is 28.1 Å². The lowest BCUT2D eigenvalue weighted by atomic mass is 9.92. The maximum absolute atomic E-state index is 13.1. The summed E-state index contributed by atoms with van der Waals surface area (Å²) in [4.78, 5) is 25.7. The normalized spacial score (nSPS) is 11.5. The van der Waals surface area contributed by atoms with Crippen molar-refractivity contribution in [2.75, 3.05) is 11.1 Å². The third kappa shape index (κ3) is 4.71. The molecule has 0 bridgehead atoms. The van der Waals surface area contributed by atoms with Crippen molar-refractivity contribution in [3.05, 3.63) is 95.8 Å². The smallest absolute Gasteiger partial charge is 0.416 e. The van der Waals surface area contributed by atoms with E-state index in [4.69, 9.17) is 5.73 Å². The van der Waals surface area contributed by atoms with Gasteiger partial charge in [0.15, 0.2) is 0 Å². The molecule has 0 saturated carbocycles. The van der Waals surface area contributed by atoms with Gasteiger partial charge in [0.05, 0.1) is 22.3 Å². The second-order valence-corrected chi connectivity index (χ2v) is 8.59. The lowest BCUT2D eigenvalue weighted by molar-refractivity contribution is -0.137. The first kappa shape index (κ1) is 24.7. The van der Waals surface area contributed by atoms with Crippen LogP contribution in [-0.2, 0) is 6.18 Å². The third-order valence-electron chi connectivity index (χ3n) is 6.02. The van der Waals surface area contributed by atoms with Crippen molar-refractivity contribution in [2.24, 2.45) is 0 Å². The van der Waals surface area contributed by atoms with Gasteiger partial charge >= 0.3 is 6.18 Å². The van der Waals surface area contributed by atoms with Gasteiger partial charge in [-0.1, -0.05) is 18.2 Å². The van der Waals surface area contributed by atoms with E-state index in [1.807, 2.05) is 6.92 Å². The second-order valence-electron chi connectivity index (χ2n) is 8.59. The lowest BCUT2D eigenvalue weighted by Gasteiger charge is -2.16. The van der Waals surface area contributed by atoms with E-state index in [1.165, 1.54) is 18.3 Å². The molecule has 0 atom stereocenters. The zero-order chi connectivity index (χ0) is 27.0. The van der Waals surface area contributed by atoms with Crippen LogP contribution in [0.4, 0.5) is 24.8 Å². The number of aromatic nitrogens is 3. The number of nitrogen functional groups attached to an aromatic ring is 1. The number of nitrogens with zero attached hydrogens (tertiary/aromatic N) is 3. The van der Waals surface area contributed by atoms with Gasteiger partial charge in [-0.2, -0.15) is 13.2 Å². The average Bonchev–Trinajstić information content (AvgIpc) is 2.89. The molecule has 0 spiro atoms. The van der Waals surface area contributed by atoms with Crippen LogP contribution >= 0.6 is 0 Å². The molecule has 5 rings (SSSR count). The van der Waals surface area contributed by atoms with Gasteiger partial charge in [0.25, 0.3) is 5.91 Å². The molecule has 38 heavy (non-hydrogen) atoms. The molecular weight excluding hydrogens is 495 g/mol. The largest absolute Gasteiger partial charge is 0.507 e. The number of phenolic OH excluding ortho intramolecular Hbond substituents is 1. The van der Waals surface area contributed by atoms with Crippen LogP contribution in [0.15, 0.2) is 79.1 Å². The number of phenols is 1. The Morgan fingerprint density at radius 3 is 2.53 bits per heavy atom. The lowest BCUT2D eigenvalue weighted by Crippen LogP contribution is -2.13. The number of carbonyl (C=O) groups excluding carboxylic acids is 1. The molecular formula is C28H20F3N5O2. The summed E-state index contributed by atoms with van der Waals surface area (Å²) in [7, 11) is 0. The number of rotatable bonds is 4. The van der Waals surface area contributed by atoms with Crippen molar-refractivity contribution >= 4 is 28.4 Å². The molecule has 0 aliphatic rings. The molecule has 1 amide bonds. The van der Waals surface area contributed by atoms with E-state index < -0.39 is 17.6 Å². The Hall–Kier alpha value is -4.99. The number of hydrogen-bond acceptors (Lipinski definition) is 6. The highest BCUT2D eigenvalue weighted by atomic mass is 19.4. The molecule has 0 aliphatic heterocycles. The molecule has 10 heteroatoms. The Morgan fingerprint density at radius 2 is 1.79 bits per heavy atom. The minimum atomic E-state index is -4.54. The minimum absolute atomic E-state index is 0.00711. The fourth-order valence-electron chi connectivity index (χ4n) is 4.17. The summed E-state index contributed by atoms with van der Waals surface area (Å²) in [5, 5.41) is 14.5. The predicted molar refractivity (Wildman–Crippen MR) is 138 cm³/mol. The van der Waals surface area contributed by atoms with Gasteiger partial charge in [0.1, 0.15) is 5.75 Å². The van der Waals surface area contributed by atoms with Crippen LogP contribution in [0.25, 0.3) is 33.3 Å². The van der Waals surface area contributed by atoms with E-state index in [9.17, 15) is 23.1 Å². The Kier molecular flexibility index (Phi) is 6.15. The van der Waals surface area contributed by atoms with E-state index in [0.29, 0.717) is 33.3 Å². The quantitative estimate of drug-likeness (QED) is 0.262. The number of aryl methyl sites for hydroxylation is 1. The zero-order valence-corrected chi connectivity index (χ0v) is 19.9. The van der Waals surface area contributed by atoms with Gasteiger partial charge < -0.3 is 16.2 Å². The Labute approximate surface area is 214 Å². The number of carbonyl (C=O) groups is 1. The van der Waals surface area contributed by atoms with Crippen molar-refractivity contribution in [1.82, 2.24) is 15.0 Å². The second kappa shape index (κ2) is 9.47. The molecule has 7 nitrogen and oxygen atoms in total. The summed E-state index contributed by atoms with van der Waals surface area (Å²) >= 11 is 0. The SMILES string of the molecule is Cc1ccc(C(=O)Nc2cccc(C(F)(F)F)c2)cc1-c1cc2cnc(N)nc2c(-c2ccccn2)c1O. The summed E-state index contributed by atoms with van der Waals surface area (Å²) in [5.74, 6) is -0.689. The fraction of sp³-hybridized carbons (Fsp3) is 0.0714. The number of fused-ring (bicyclic) bond motifs is 1. The number of halogens is 3. The van der Waals surface area contributed by atoms with Gasteiger partial charge in [-0.15, -0.1) is 0 Å². The number of nitrogens with one attached hydrogen (secondary N) is 1. The predicted octanol–water partition coefficient (Wildman–Crippen LogP) is 6.23. The van der Waals surface area contributed by atoms with Crippen LogP contribution in [0, 0.1) is 6.92 Å². The number of amides is 1. The molecule has 0 fully saturated rings. The van der Waals surface area contributed by atoms with Crippen molar-refractivity contribution in [2.45, 2.75) is 13.1 Å². The Morgan fingerprint density at radius 1 is 0.974 bits per heavy atom. The first-order chi connectivity index (χ1) is 18.1. The van der Waals surface area contributed by atoms with Gasteiger partial charge in [-0.05, 0) is 66.6 Å². The number of nitrogens with two attached hydrogens (primary N) is 1. The van der Waals surface area contributed by atoms with Crippen LogP contribution in [0.5, 0.6) is 5.75 Å². The molecule has 3 aromatic carbocycles. The molecule has 5 aromatic rings. The highest BCUT2D eigenvalue weighted by Crippen LogP contribution is 2.43. The topological polar surface area (TPSA) is 114 Å². The van der Waals surface area contributed by atoms with E-state index in [0.717, 1.165) is 17.7 Å². The van der Waals surface area contributed by atoms with Gasteiger partial charge in [-0.3, -0.25) is 9.78 Å². The summed E-state index contributed by atoms with van der Waals surface area (Å²) in [6.45, 7) is 1.81. The van der Waals surface area contributed by atoms with Crippen LogP contribution in [-0.4, -0.2) is 26.0 Å². The molecule has 190 valence electrons. The number of hydrogen-bond donors (Lipinski definition) is 3. The molecule has 0 unspecified atom stereocenters. The standard InChI is InChI=1S/C28H20F3N5O2/c1-15-8-9-16(26(38)35-19-6-4-5-18(13-19)28(29,30)31)11-20(15)21-12-17-14-34-27(32)36-24(17)23(25(21)37)22-7-2-3-10-33-22/h2-14,37H,1H3,(H,35,38)(H2,32,34,36). The zero-order valence-electron chi connectivity index (χ0n) is 19.9. The fourth-order valence-corrected chi connectivity index (χ4v) is 4.17. The number of benzene rings is 3. The van der Waals surface area contributed by atoms with Crippen LogP contribution in [0.3, 0.4) is 0 Å². The Balaban J connectivity index is 1.60. The summed E-state index contributed by atoms with van der Waals surface area (Å²) < 4.78 is 39.2. The van der Waals surface area contributed by atoms with E-state index in [2.05, 4.69) is 20.3 Å². The maximum atomic E-state index is 13.1. The Bertz CT molecular complexity index is 1690. The van der Waals surface area contributed by atoms with Gasteiger partial charge in [0, 0.05) is 34.6 Å². The van der Waals surface area contributed by atoms with E-state index >= 15 is 0 Å². The average molecular weight is 515 g/mol. The van der Waals surface area contributed by atoms with Crippen LogP contribution in [0.2, 0.25) is 0 Å². The molecule has 0 aliphatic carbocycles. The molecule has 2 heterocycles. The minimum Gasteiger partial charge on any atom is -0.507 e. The molecule has 2 aromatic heterocycles. The van der Waals surface area contributed by atoms with Crippen molar-refractivity contribution < 1.29 is 23.1 Å². The highest BCUT2D eigenvalue weighted by molar-refractivity contribution is 6.06. The van der Waals surface area contributed by atoms with Gasteiger partial charge in [0.2, 0.25) is 5.95 Å². The van der Waals surface area contributed by atoms with E-state index in [-0.39, 0.29) is 22.9 Å². The summed E-state index contributed by atoms with van der Waals surface area (Å²) in [6, 6.07) is 16.1. The number of alkyl halides is 3. The number of pyridine rings is 1. The van der Waals surface area contributed by atoms with Crippen LogP contribution in [0.1, 0.15) is 21.5 Å². The van der Waals surface area contributed by atoms with Gasteiger partial charge in [-0.25, -0.2) is 9.97 Å². The van der Waals surface area contributed by atoms with E-state index in [1.54, 1.807) is 48.7 Å². The number of anilines is 2. The summed E-state index contributed by atoms with van der Waals surface area (Å²) in [6.07, 6.45) is -1.42. The number of aromatic hydroxyl groups is 1. The monoisotopic (exact) mass is 515 g/mol. The molecule has 4 N–H and O–H groups in total. The van der Waals surface area contributed by atoms with Crippen molar-refractivity contribution in [3.63, 3.8) is 0 Å². The first-order valence-corrected chi connectivity index (χ1v) is 11.4. The van der Waals surface area contributed by atoms with Crippen molar-refractivity contribution in [1.29, 1.82) is 0 Å². The van der Waals surface area contributed by atoms with Crippen LogP contribution < -0.4 is 11.1 Å². The third-order valence-corrected chi connectivity index (χ3v) is 6.02. The highest BCUT2D eigenvalue weighted by Gasteiger charge is 2.30. The molecule has 0 saturated heterocycles. The first-order valence-electron chi connectivity index (χ1n) is 11.4. The molecule has 0 radical (unpaired) electrons. The maximum Gasteiger partial charge on any atom is 0.416 e.